The summed E-state index contributed by atoms with van der Waals surface area (Å²) in [6.45, 7) is 4.69. The normalized spacial score (nSPS) is 17.0. The lowest BCUT2D eigenvalue weighted by molar-refractivity contribution is 0.188. The summed E-state index contributed by atoms with van der Waals surface area (Å²) in [5.74, 6) is 1.03. The highest BCUT2D eigenvalue weighted by Crippen LogP contribution is 2.43. The van der Waals surface area contributed by atoms with Crippen molar-refractivity contribution in [2.24, 2.45) is 0 Å². The maximum absolute atomic E-state index is 9.22. The van der Waals surface area contributed by atoms with Gasteiger partial charge in [0.15, 0.2) is 0 Å². The van der Waals surface area contributed by atoms with E-state index in [0.29, 0.717) is 0 Å². The van der Waals surface area contributed by atoms with Crippen LogP contribution in [0.15, 0.2) is 36.7 Å². The van der Waals surface area contributed by atoms with E-state index in [-0.39, 0.29) is 6.61 Å². The zero-order valence-electron chi connectivity index (χ0n) is 17.4. The fourth-order valence-electron chi connectivity index (χ4n) is 5.07. The predicted molar refractivity (Wildman–Crippen MR) is 126 cm³/mol. The smallest absolute Gasteiger partial charge is 0.150 e. The van der Waals surface area contributed by atoms with Crippen molar-refractivity contribution in [1.29, 1.82) is 0 Å². The summed E-state index contributed by atoms with van der Waals surface area (Å²) < 4.78 is 1.15. The summed E-state index contributed by atoms with van der Waals surface area (Å²) in [6, 6.07) is 10.6. The molecule has 0 unspecified atom stereocenters. The molecule has 6 nitrogen and oxygen atoms in total. The fourth-order valence-corrected chi connectivity index (χ4v) is 6.25. The Hall–Kier alpha value is -2.61. The van der Waals surface area contributed by atoms with Crippen LogP contribution in [0.3, 0.4) is 0 Å². The summed E-state index contributed by atoms with van der Waals surface area (Å²) >= 11 is 1.74. The second-order valence-electron chi connectivity index (χ2n) is 8.35. The number of pyridine rings is 1. The van der Waals surface area contributed by atoms with Crippen LogP contribution in [0.4, 0.5) is 5.82 Å². The number of aromatic nitrogens is 3. The van der Waals surface area contributed by atoms with Gasteiger partial charge in [0.2, 0.25) is 0 Å². The highest BCUT2D eigenvalue weighted by molar-refractivity contribution is 7.26. The van der Waals surface area contributed by atoms with E-state index in [9.17, 15) is 5.11 Å². The third-order valence-electron chi connectivity index (χ3n) is 6.59. The van der Waals surface area contributed by atoms with Gasteiger partial charge in [0, 0.05) is 43.7 Å². The minimum atomic E-state index is 0.217. The van der Waals surface area contributed by atoms with Crippen molar-refractivity contribution in [2.75, 3.05) is 44.2 Å². The van der Waals surface area contributed by atoms with Crippen LogP contribution in [-0.2, 0) is 12.8 Å². The van der Waals surface area contributed by atoms with Crippen LogP contribution in [-0.4, -0.2) is 64.3 Å². The largest absolute Gasteiger partial charge is 0.395 e. The molecule has 4 heterocycles. The molecule has 2 aliphatic rings. The number of aliphatic hydroxyl groups excluding tert-OH is 1. The molecule has 0 atom stereocenters. The number of anilines is 1. The lowest BCUT2D eigenvalue weighted by Crippen LogP contribution is -2.47. The number of nitrogens with zero attached hydrogens (tertiary/aromatic N) is 5. The van der Waals surface area contributed by atoms with Crippen molar-refractivity contribution >= 4 is 37.6 Å². The minimum absolute atomic E-state index is 0.217. The number of rotatable bonds is 4. The maximum Gasteiger partial charge on any atom is 0.150 e. The fraction of sp³-hybridized carbons (Fsp3) is 0.375. The number of piperazine rings is 1. The molecule has 0 bridgehead atoms. The summed E-state index contributed by atoms with van der Waals surface area (Å²) in [7, 11) is 0. The van der Waals surface area contributed by atoms with Crippen molar-refractivity contribution < 1.29 is 5.11 Å². The molecule has 0 amide bonds. The van der Waals surface area contributed by atoms with E-state index < -0.39 is 0 Å². The van der Waals surface area contributed by atoms with Crippen molar-refractivity contribution in [1.82, 2.24) is 19.9 Å². The molecule has 1 fully saturated rings. The number of β-amino-alcohol motifs (C(OH)–C–C–N with tert-alkyl or cyclic N) is 1. The predicted octanol–water partition coefficient (Wildman–Crippen LogP) is 3.51. The highest BCUT2D eigenvalue weighted by Gasteiger charge is 2.26. The number of aliphatic hydroxyl groups is 1. The first-order valence-electron chi connectivity index (χ1n) is 11.1. The van der Waals surface area contributed by atoms with Gasteiger partial charge in [-0.05, 0) is 30.4 Å². The first kappa shape index (κ1) is 19.1. The lowest BCUT2D eigenvalue weighted by atomic mass is 10.0. The van der Waals surface area contributed by atoms with Gasteiger partial charge in [-0.25, -0.2) is 15.0 Å². The molecular weight excluding hydrogens is 406 g/mol. The number of fused-ring (bicyclic) bond motifs is 5. The molecule has 0 saturated carbocycles. The maximum atomic E-state index is 9.22. The van der Waals surface area contributed by atoms with Gasteiger partial charge < -0.3 is 10.0 Å². The van der Waals surface area contributed by atoms with Gasteiger partial charge >= 0.3 is 0 Å². The Kier molecular flexibility index (Phi) is 4.82. The number of aryl methyl sites for hydroxylation is 1. The molecule has 4 aromatic rings. The topological polar surface area (TPSA) is 65.4 Å². The van der Waals surface area contributed by atoms with Gasteiger partial charge in [0.05, 0.1) is 22.5 Å². The second kappa shape index (κ2) is 7.82. The molecule has 1 aliphatic carbocycles. The molecule has 158 valence electrons. The van der Waals surface area contributed by atoms with E-state index in [1.54, 1.807) is 17.7 Å². The number of hydrogen-bond acceptors (Lipinski definition) is 7. The highest BCUT2D eigenvalue weighted by atomic mass is 32.1. The third-order valence-corrected chi connectivity index (χ3v) is 7.66. The molecule has 3 aromatic heterocycles. The number of benzene rings is 1. The lowest BCUT2D eigenvalue weighted by Gasteiger charge is -2.35. The minimum Gasteiger partial charge on any atom is -0.395 e. The van der Waals surface area contributed by atoms with Gasteiger partial charge in [0.1, 0.15) is 17.0 Å². The van der Waals surface area contributed by atoms with Crippen molar-refractivity contribution in [3.63, 3.8) is 0 Å². The Balaban J connectivity index is 1.49. The molecular formula is C24H25N5OS. The molecule has 1 aliphatic heterocycles. The van der Waals surface area contributed by atoms with Crippen LogP contribution in [0.1, 0.15) is 17.5 Å². The van der Waals surface area contributed by atoms with Gasteiger partial charge in [0.25, 0.3) is 0 Å². The van der Waals surface area contributed by atoms with Crippen molar-refractivity contribution in [2.45, 2.75) is 19.3 Å². The zero-order chi connectivity index (χ0) is 20.8. The van der Waals surface area contributed by atoms with Crippen molar-refractivity contribution in [3.05, 3.63) is 47.8 Å². The van der Waals surface area contributed by atoms with E-state index in [1.165, 1.54) is 28.5 Å². The monoisotopic (exact) mass is 431 g/mol. The molecule has 1 saturated heterocycles. The van der Waals surface area contributed by atoms with E-state index >= 15 is 0 Å². The molecule has 0 radical (unpaired) electrons. The summed E-state index contributed by atoms with van der Waals surface area (Å²) in [5.41, 5.74) is 6.24. The van der Waals surface area contributed by atoms with Crippen LogP contribution >= 0.6 is 11.3 Å². The van der Waals surface area contributed by atoms with Crippen LogP contribution < -0.4 is 4.90 Å². The molecule has 0 spiro atoms. The SMILES string of the molecule is OCCN1CCN(c2ncnc3c2sc2nc(-c4ccccc4)c4c(c23)CCC4)CC1. The first-order valence-corrected chi connectivity index (χ1v) is 11.9. The van der Waals surface area contributed by atoms with Crippen molar-refractivity contribution in [3.8, 4) is 11.3 Å². The molecule has 31 heavy (non-hydrogen) atoms. The number of hydrogen-bond donors (Lipinski definition) is 1. The first-order chi connectivity index (χ1) is 15.3. The Morgan fingerprint density at radius 3 is 2.58 bits per heavy atom. The summed E-state index contributed by atoms with van der Waals surface area (Å²) in [6.07, 6.45) is 5.08. The number of thiophene rings is 1. The van der Waals surface area contributed by atoms with Gasteiger partial charge in [-0.3, -0.25) is 4.90 Å². The Bertz CT molecular complexity index is 1250. The summed E-state index contributed by atoms with van der Waals surface area (Å²) in [5, 5.41) is 10.5. The van der Waals surface area contributed by atoms with Crippen LogP contribution in [0.25, 0.3) is 31.7 Å². The average Bonchev–Trinajstić information content (AvgIpc) is 3.44. The van der Waals surface area contributed by atoms with Crippen LogP contribution in [0, 0.1) is 0 Å². The van der Waals surface area contributed by atoms with E-state index in [2.05, 4.69) is 40.1 Å². The summed E-state index contributed by atoms with van der Waals surface area (Å²) in [4.78, 5) is 20.4. The van der Waals surface area contributed by atoms with Crippen LogP contribution in [0.2, 0.25) is 0 Å². The van der Waals surface area contributed by atoms with Gasteiger partial charge in [-0.15, -0.1) is 11.3 Å². The van der Waals surface area contributed by atoms with Gasteiger partial charge in [-0.2, -0.15) is 0 Å². The standard InChI is InChI=1S/C24H25N5OS/c30-14-13-28-9-11-29(12-10-28)23-22-21(25-15-26-23)19-17-7-4-8-18(17)20(27-24(19)31-22)16-5-2-1-3-6-16/h1-3,5-6,15,30H,4,7-14H2. The zero-order valence-corrected chi connectivity index (χ0v) is 18.2. The van der Waals surface area contributed by atoms with E-state index in [0.717, 1.165) is 72.1 Å². The quantitative estimate of drug-likeness (QED) is 0.533. The van der Waals surface area contributed by atoms with Crippen LogP contribution in [0.5, 0.6) is 0 Å². The Morgan fingerprint density at radius 2 is 1.77 bits per heavy atom. The molecule has 7 heteroatoms. The Morgan fingerprint density at radius 1 is 0.968 bits per heavy atom. The molecule has 1 N–H and O–H groups in total. The van der Waals surface area contributed by atoms with Gasteiger partial charge in [-0.1, -0.05) is 30.3 Å². The Labute approximate surface area is 185 Å². The van der Waals surface area contributed by atoms with E-state index in [1.807, 2.05) is 0 Å². The molecule has 1 aromatic carbocycles. The van der Waals surface area contributed by atoms with E-state index in [4.69, 9.17) is 15.0 Å². The average molecular weight is 432 g/mol. The third kappa shape index (κ3) is 3.19. The molecule has 6 rings (SSSR count). The second-order valence-corrected chi connectivity index (χ2v) is 9.35.